The Labute approximate surface area is 413 Å². The van der Waals surface area contributed by atoms with Crippen LogP contribution in [0.25, 0.3) is 0 Å². The van der Waals surface area contributed by atoms with E-state index in [1.54, 1.807) is 26.0 Å². The van der Waals surface area contributed by atoms with Gasteiger partial charge in [0.25, 0.3) is 0 Å². The second-order valence-electron chi connectivity index (χ2n) is 18.1. The van der Waals surface area contributed by atoms with Gasteiger partial charge in [0.2, 0.25) is 59.1 Å². The number of allylic oxidation sites excluding steroid dienone is 2. The largest absolute Gasteiger partial charge is 0.459 e. The van der Waals surface area contributed by atoms with E-state index in [9.17, 15) is 57.8 Å². The lowest BCUT2D eigenvalue weighted by Crippen LogP contribution is -2.60. The summed E-state index contributed by atoms with van der Waals surface area (Å²) in [6.45, 7) is 15.3. The fraction of sp³-hybridized carbons (Fsp3) is 0.711. The number of aliphatic hydroxyl groups is 1. The Balaban J connectivity index is 3.71. The van der Waals surface area contributed by atoms with E-state index in [1.165, 1.54) is 105 Å². The average Bonchev–Trinajstić information content (AvgIpc) is 3.31. The molecule has 0 aromatic heterocycles. The SMILES string of the molecule is C/C=C/CC(C)C(O)C1C(=O)OC(C)C(NP)C(=O)N(C)CC(=O)N(C)[C@@H](C)C(=O)NC(C)C(=O)N(C)C(C)C(=O)NC(C)C(=O)NC(C)C(=O)N(C)C(C)C(=O)NC(C)C(=O)N(C)C(C)C(=O)N1C. The zero-order valence-electron chi connectivity index (χ0n) is 43.7. The average molecular weight is 1010 g/mol. The minimum Gasteiger partial charge on any atom is -0.459 e. The predicted octanol–water partition coefficient (Wildman–Crippen LogP) is -2.67. The van der Waals surface area contributed by atoms with Crippen LogP contribution in [0.3, 0.4) is 0 Å². The highest BCUT2D eigenvalue weighted by molar-refractivity contribution is 7.13. The Kier molecular flexibility index (Phi) is 24.6. The maximum Gasteiger partial charge on any atom is 0.331 e. The van der Waals surface area contributed by atoms with Crippen LogP contribution in [0.15, 0.2) is 12.2 Å². The summed E-state index contributed by atoms with van der Waals surface area (Å²) in [6, 6.07) is -12.6. The second kappa shape index (κ2) is 27.6. The van der Waals surface area contributed by atoms with E-state index in [-0.39, 0.29) is 0 Å². The molecule has 25 heteroatoms. The second-order valence-corrected chi connectivity index (χ2v) is 18.5. The first-order valence-corrected chi connectivity index (χ1v) is 23.6. The summed E-state index contributed by atoms with van der Waals surface area (Å²) in [5.41, 5.74) is 0. The maximum absolute atomic E-state index is 14.1. The highest BCUT2D eigenvalue weighted by Gasteiger charge is 2.43. The number of cyclic esters (lactones) is 1. The quantitative estimate of drug-likeness (QED) is 0.0932. The Morgan fingerprint density at radius 1 is 0.586 bits per heavy atom. The van der Waals surface area contributed by atoms with Crippen molar-refractivity contribution in [1.82, 2.24) is 55.8 Å². The molecular formula is C45H78N11O13P. The molecule has 70 heavy (non-hydrogen) atoms. The number of nitrogens with zero attached hydrogens (tertiary/aromatic N) is 6. The van der Waals surface area contributed by atoms with Gasteiger partial charge in [-0.3, -0.25) is 53.0 Å². The van der Waals surface area contributed by atoms with Gasteiger partial charge >= 0.3 is 5.97 Å². The van der Waals surface area contributed by atoms with Gasteiger partial charge in [-0.15, -0.1) is 0 Å². The lowest BCUT2D eigenvalue weighted by Gasteiger charge is -2.37. The first kappa shape index (κ1) is 62.3. The molecule has 0 saturated carbocycles. The highest BCUT2D eigenvalue weighted by atomic mass is 31.0. The van der Waals surface area contributed by atoms with Gasteiger partial charge in [0, 0.05) is 42.3 Å². The molecule has 0 bridgehead atoms. The first-order chi connectivity index (χ1) is 32.3. The number of hydrogen-bond acceptors (Lipinski definition) is 14. The third kappa shape index (κ3) is 16.2. The van der Waals surface area contributed by atoms with Crippen LogP contribution in [0, 0.1) is 5.92 Å². The number of likely N-dealkylation sites (N-methyl/N-ethyl adjacent to an activating group) is 6. The van der Waals surface area contributed by atoms with Crippen LogP contribution < -0.4 is 26.4 Å². The van der Waals surface area contributed by atoms with Crippen molar-refractivity contribution in [2.75, 3.05) is 48.8 Å². The molecule has 6 N–H and O–H groups in total. The molecule has 14 atom stereocenters. The minimum absolute atomic E-state index is 0.297. The molecule has 0 radical (unpaired) electrons. The monoisotopic (exact) mass is 1010 g/mol. The molecule has 1 fully saturated rings. The summed E-state index contributed by atoms with van der Waals surface area (Å²) in [6.07, 6.45) is 1.01. The summed E-state index contributed by atoms with van der Waals surface area (Å²) < 4.78 is 5.76. The zero-order valence-corrected chi connectivity index (χ0v) is 44.8. The van der Waals surface area contributed by atoms with Crippen molar-refractivity contribution >= 4 is 74.4 Å². The van der Waals surface area contributed by atoms with E-state index < -0.39 is 150 Å². The number of aliphatic hydroxyl groups excluding tert-OH is 1. The van der Waals surface area contributed by atoms with Crippen LogP contribution in [0.1, 0.15) is 82.6 Å². The molecule has 0 aliphatic carbocycles. The lowest BCUT2D eigenvalue weighted by atomic mass is 9.93. The Bertz CT molecular complexity index is 1980. The molecule has 396 valence electrons. The molecule has 1 rings (SSSR count). The fourth-order valence-electron chi connectivity index (χ4n) is 7.11. The fourth-order valence-corrected chi connectivity index (χ4v) is 7.52. The zero-order chi connectivity index (χ0) is 54.4. The Hall–Kier alpha value is -5.74. The number of esters is 1. The number of amides is 10. The van der Waals surface area contributed by atoms with Crippen LogP contribution in [-0.2, 0) is 57.5 Å². The number of carbonyl (C=O) groups is 11. The molecular weight excluding hydrogens is 934 g/mol. The topological polar surface area (TPSA) is 297 Å². The molecule has 1 aliphatic heterocycles. The molecule has 0 spiro atoms. The smallest absolute Gasteiger partial charge is 0.331 e. The van der Waals surface area contributed by atoms with E-state index in [1.807, 2.05) is 0 Å². The van der Waals surface area contributed by atoms with E-state index in [2.05, 4.69) is 35.7 Å². The maximum atomic E-state index is 14.1. The summed E-state index contributed by atoms with van der Waals surface area (Å²) in [7, 11) is 9.96. The molecule has 1 aliphatic rings. The van der Waals surface area contributed by atoms with E-state index in [0.29, 0.717) is 6.42 Å². The van der Waals surface area contributed by atoms with Crippen molar-refractivity contribution in [3.05, 3.63) is 12.2 Å². The Morgan fingerprint density at radius 3 is 1.39 bits per heavy atom. The molecule has 24 nitrogen and oxygen atoms in total. The summed E-state index contributed by atoms with van der Waals surface area (Å²) in [5.74, 6) is -9.04. The molecule has 0 aromatic carbocycles. The van der Waals surface area contributed by atoms with Gasteiger partial charge in [-0.1, -0.05) is 28.5 Å². The van der Waals surface area contributed by atoms with Gasteiger partial charge in [0.1, 0.15) is 60.5 Å². The van der Waals surface area contributed by atoms with Crippen LogP contribution in [0.5, 0.6) is 0 Å². The molecule has 13 unspecified atom stereocenters. The summed E-state index contributed by atoms with van der Waals surface area (Å²) in [5, 5.41) is 24.4. The number of rotatable bonds is 5. The van der Waals surface area contributed by atoms with Gasteiger partial charge in [0.05, 0.1) is 12.6 Å². The van der Waals surface area contributed by atoms with Crippen LogP contribution >= 0.6 is 9.39 Å². The third-order valence-corrected chi connectivity index (χ3v) is 13.2. The van der Waals surface area contributed by atoms with Crippen molar-refractivity contribution in [3.63, 3.8) is 0 Å². The van der Waals surface area contributed by atoms with Crippen molar-refractivity contribution < 1.29 is 62.6 Å². The van der Waals surface area contributed by atoms with E-state index >= 15 is 0 Å². The number of carbonyl (C=O) groups excluding carboxylic acids is 11. The number of hydrogen-bond donors (Lipinski definition) is 6. The van der Waals surface area contributed by atoms with Crippen molar-refractivity contribution in [1.29, 1.82) is 0 Å². The van der Waals surface area contributed by atoms with Crippen LogP contribution in [0.2, 0.25) is 0 Å². The van der Waals surface area contributed by atoms with E-state index in [4.69, 9.17) is 4.74 Å². The molecule has 10 amide bonds. The summed E-state index contributed by atoms with van der Waals surface area (Å²) >= 11 is 0. The summed E-state index contributed by atoms with van der Waals surface area (Å²) in [4.78, 5) is 155. The van der Waals surface area contributed by atoms with Gasteiger partial charge in [-0.25, -0.2) is 4.79 Å². The van der Waals surface area contributed by atoms with Crippen molar-refractivity contribution in [2.45, 2.75) is 155 Å². The van der Waals surface area contributed by atoms with Gasteiger partial charge < -0.3 is 60.5 Å². The highest BCUT2D eigenvalue weighted by Crippen LogP contribution is 2.21. The van der Waals surface area contributed by atoms with Gasteiger partial charge in [-0.2, -0.15) is 0 Å². The normalized spacial score (nSPS) is 30.7. The van der Waals surface area contributed by atoms with Crippen molar-refractivity contribution in [2.24, 2.45) is 5.92 Å². The predicted molar refractivity (Wildman–Crippen MR) is 260 cm³/mol. The molecule has 0 aromatic rings. The molecule has 1 heterocycles. The van der Waals surface area contributed by atoms with Gasteiger partial charge in [-0.05, 0) is 81.6 Å². The third-order valence-electron chi connectivity index (χ3n) is 12.8. The number of nitrogens with one attached hydrogen (secondary N) is 5. The van der Waals surface area contributed by atoms with Crippen molar-refractivity contribution in [3.8, 4) is 0 Å². The minimum atomic E-state index is -1.66. The Morgan fingerprint density at radius 2 is 0.971 bits per heavy atom. The van der Waals surface area contributed by atoms with Crippen LogP contribution in [0.4, 0.5) is 0 Å². The number of ether oxygens (including phenoxy) is 1. The molecule has 1 saturated heterocycles. The first-order valence-electron chi connectivity index (χ1n) is 23.0. The lowest BCUT2D eigenvalue weighted by molar-refractivity contribution is -0.168. The van der Waals surface area contributed by atoms with Crippen LogP contribution in [-0.4, -0.2) is 221 Å². The van der Waals surface area contributed by atoms with Gasteiger partial charge in [0.15, 0.2) is 6.04 Å². The van der Waals surface area contributed by atoms with E-state index in [0.717, 1.165) is 29.4 Å². The standard InChI is InChI=1S/C45H78N11O13P/c1-18-19-20-22(2)35(58)34-45(68)69-31(11)33(50-70)44(67)51(12)21-32(57)52(13)27(7)37(60)48-25(5)41(64)53(14)28(8)38(61)46-23(3)36(59)47-24(4)40(63)54(15)29(9)39(62)49-26(6)42(65)55(16)30(10)43(66)56(34)17/h18-19,22-31,33-35,50,58H,20-21,70H2,1-17H3,(H,46,61)(H,47,59)(H,48,60)(H,49,62)/b19-18+/t22?,23?,24?,25?,26?,27-,28?,29?,30?,31?,33?,34?,35?/m0/s1.